The van der Waals surface area contributed by atoms with Gasteiger partial charge in [-0.15, -0.1) is 0 Å². The highest BCUT2D eigenvalue weighted by Crippen LogP contribution is 2.31. The molecule has 2 aromatic rings. The molecule has 1 heterocycles. The van der Waals surface area contributed by atoms with Crippen LogP contribution in [0.15, 0.2) is 48.5 Å². The molecule has 0 aliphatic carbocycles. The van der Waals surface area contributed by atoms with Crippen molar-refractivity contribution in [3.05, 3.63) is 59.7 Å². The zero-order valence-electron chi connectivity index (χ0n) is 16.6. The molecule has 1 aliphatic rings. The molecular weight excluding hydrogens is 397 g/mol. The molecule has 0 bridgehead atoms. The Morgan fingerprint density at radius 3 is 2.33 bits per heavy atom. The number of amides is 2. The number of rotatable bonds is 5. The number of piperazine rings is 1. The summed E-state index contributed by atoms with van der Waals surface area (Å²) in [5, 5.41) is 5.34. The largest absolute Gasteiger partial charge is 0.416 e. The number of carbonyl (C=O) groups is 2. The van der Waals surface area contributed by atoms with Gasteiger partial charge in [0.15, 0.2) is 6.54 Å². The number of alkyl halides is 3. The quantitative estimate of drug-likeness (QED) is 0.684. The number of nitrogens with zero attached hydrogens (tertiary/aromatic N) is 1. The number of halogens is 3. The lowest BCUT2D eigenvalue weighted by Crippen LogP contribution is -3.15. The minimum Gasteiger partial charge on any atom is -0.360 e. The maximum absolute atomic E-state index is 12.9. The van der Waals surface area contributed by atoms with E-state index in [0.29, 0.717) is 43.1 Å². The second-order valence-electron chi connectivity index (χ2n) is 7.17. The molecule has 1 aliphatic heterocycles. The number of benzene rings is 2. The fraction of sp³-hybridized carbons (Fsp3) is 0.333. The van der Waals surface area contributed by atoms with Gasteiger partial charge in [-0.3, -0.25) is 9.59 Å². The molecule has 0 saturated carbocycles. The zero-order chi connectivity index (χ0) is 21.7. The van der Waals surface area contributed by atoms with Crippen LogP contribution in [0.3, 0.4) is 0 Å². The van der Waals surface area contributed by atoms with E-state index in [0.717, 1.165) is 11.0 Å². The van der Waals surface area contributed by atoms with Crippen LogP contribution in [-0.4, -0.2) is 51.6 Å². The predicted molar refractivity (Wildman–Crippen MR) is 108 cm³/mol. The Hall–Kier alpha value is -3.07. The first-order valence-corrected chi connectivity index (χ1v) is 9.64. The fourth-order valence-corrected chi connectivity index (χ4v) is 3.42. The van der Waals surface area contributed by atoms with E-state index in [4.69, 9.17) is 0 Å². The second kappa shape index (κ2) is 9.17. The van der Waals surface area contributed by atoms with E-state index in [1.807, 2.05) is 4.90 Å². The van der Waals surface area contributed by atoms with Gasteiger partial charge in [0, 0.05) is 24.0 Å². The number of hydrogen-bond donors (Lipinski definition) is 3. The van der Waals surface area contributed by atoms with Crippen molar-refractivity contribution in [2.45, 2.75) is 6.18 Å². The van der Waals surface area contributed by atoms with Crippen molar-refractivity contribution in [1.29, 1.82) is 0 Å². The third-order valence-corrected chi connectivity index (χ3v) is 5.08. The molecule has 2 aromatic carbocycles. The second-order valence-corrected chi connectivity index (χ2v) is 7.17. The SMILES string of the molecule is CNC(=O)c1ccc(NC(=O)C[NH+]2CCN(c3cccc(C(F)(F)F)c3)CC2)cc1. The number of hydrogen-bond acceptors (Lipinski definition) is 3. The zero-order valence-corrected chi connectivity index (χ0v) is 16.6. The first-order chi connectivity index (χ1) is 14.3. The summed E-state index contributed by atoms with van der Waals surface area (Å²) in [7, 11) is 1.55. The lowest BCUT2D eigenvalue weighted by molar-refractivity contribution is -0.892. The molecule has 9 heteroatoms. The highest BCUT2D eigenvalue weighted by atomic mass is 19.4. The van der Waals surface area contributed by atoms with Gasteiger partial charge in [-0.05, 0) is 42.5 Å². The molecule has 0 atom stereocenters. The first kappa shape index (κ1) is 21.6. The van der Waals surface area contributed by atoms with E-state index in [1.165, 1.54) is 12.1 Å². The number of quaternary nitrogens is 1. The minimum absolute atomic E-state index is 0.148. The summed E-state index contributed by atoms with van der Waals surface area (Å²) >= 11 is 0. The van der Waals surface area contributed by atoms with Gasteiger partial charge in [-0.25, -0.2) is 0 Å². The molecule has 160 valence electrons. The Morgan fingerprint density at radius 2 is 1.73 bits per heavy atom. The topological polar surface area (TPSA) is 65.9 Å². The van der Waals surface area contributed by atoms with Crippen molar-refractivity contribution in [2.24, 2.45) is 0 Å². The van der Waals surface area contributed by atoms with Crippen LogP contribution in [0.5, 0.6) is 0 Å². The first-order valence-electron chi connectivity index (χ1n) is 9.64. The third-order valence-electron chi connectivity index (χ3n) is 5.08. The average Bonchev–Trinajstić information content (AvgIpc) is 2.73. The maximum atomic E-state index is 12.9. The summed E-state index contributed by atoms with van der Waals surface area (Å²) in [6, 6.07) is 11.9. The molecule has 1 fully saturated rings. The van der Waals surface area contributed by atoms with E-state index in [-0.39, 0.29) is 18.4 Å². The summed E-state index contributed by atoms with van der Waals surface area (Å²) in [5.74, 6) is -0.346. The molecule has 0 radical (unpaired) electrons. The van der Waals surface area contributed by atoms with Crippen LogP contribution in [0.25, 0.3) is 0 Å². The smallest absolute Gasteiger partial charge is 0.360 e. The molecule has 30 heavy (non-hydrogen) atoms. The van der Waals surface area contributed by atoms with E-state index >= 15 is 0 Å². The van der Waals surface area contributed by atoms with Crippen LogP contribution >= 0.6 is 0 Å². The molecule has 1 saturated heterocycles. The van der Waals surface area contributed by atoms with Crippen molar-refractivity contribution in [1.82, 2.24) is 5.32 Å². The third kappa shape index (κ3) is 5.50. The van der Waals surface area contributed by atoms with Crippen LogP contribution < -0.4 is 20.4 Å². The molecule has 2 amide bonds. The Balaban J connectivity index is 1.50. The minimum atomic E-state index is -4.36. The lowest BCUT2D eigenvalue weighted by Gasteiger charge is -2.33. The van der Waals surface area contributed by atoms with Crippen LogP contribution in [0.2, 0.25) is 0 Å². The highest BCUT2D eigenvalue weighted by molar-refractivity contribution is 5.95. The van der Waals surface area contributed by atoms with Crippen molar-refractivity contribution in [3.8, 4) is 0 Å². The molecular formula is C21H24F3N4O2+. The number of anilines is 2. The predicted octanol–water partition coefficient (Wildman–Crippen LogP) is 1.41. The summed E-state index contributed by atoms with van der Waals surface area (Å²) in [6.45, 7) is 2.72. The highest BCUT2D eigenvalue weighted by Gasteiger charge is 2.31. The van der Waals surface area contributed by atoms with Crippen LogP contribution in [-0.2, 0) is 11.0 Å². The van der Waals surface area contributed by atoms with E-state index < -0.39 is 11.7 Å². The Kier molecular flexibility index (Phi) is 6.61. The Labute approximate surface area is 172 Å². The number of carbonyl (C=O) groups excluding carboxylic acids is 2. The van der Waals surface area contributed by atoms with Gasteiger partial charge >= 0.3 is 6.18 Å². The van der Waals surface area contributed by atoms with Gasteiger partial charge in [0.1, 0.15) is 0 Å². The average molecular weight is 421 g/mol. The van der Waals surface area contributed by atoms with Gasteiger partial charge in [-0.1, -0.05) is 6.07 Å². The molecule has 3 N–H and O–H groups in total. The molecule has 0 unspecified atom stereocenters. The van der Waals surface area contributed by atoms with Crippen LogP contribution in [0, 0.1) is 0 Å². The van der Waals surface area contributed by atoms with Crippen molar-refractivity contribution < 1.29 is 27.7 Å². The molecule has 3 rings (SSSR count). The Morgan fingerprint density at radius 1 is 1.07 bits per heavy atom. The standard InChI is InChI=1S/C21H23F3N4O2/c1-25-20(30)15-5-7-17(8-6-15)26-19(29)14-27-9-11-28(12-10-27)18-4-2-3-16(13-18)21(22,23)24/h2-8,13H,9-12,14H2,1H3,(H,25,30)(H,26,29)/p+1. The maximum Gasteiger partial charge on any atom is 0.416 e. The monoisotopic (exact) mass is 421 g/mol. The van der Waals surface area contributed by atoms with Gasteiger partial charge in [-0.2, -0.15) is 13.2 Å². The van der Waals surface area contributed by atoms with Gasteiger partial charge in [0.2, 0.25) is 0 Å². The summed E-state index contributed by atoms with van der Waals surface area (Å²) < 4.78 is 38.7. The fourth-order valence-electron chi connectivity index (χ4n) is 3.42. The van der Waals surface area contributed by atoms with Crippen molar-refractivity contribution in [2.75, 3.05) is 50.0 Å². The molecule has 6 nitrogen and oxygen atoms in total. The van der Waals surface area contributed by atoms with E-state index in [9.17, 15) is 22.8 Å². The van der Waals surface area contributed by atoms with Gasteiger partial charge in [0.05, 0.1) is 31.7 Å². The van der Waals surface area contributed by atoms with Crippen LogP contribution in [0.1, 0.15) is 15.9 Å². The Bertz CT molecular complexity index is 892. The summed E-state index contributed by atoms with van der Waals surface area (Å²) in [6.07, 6.45) is -4.36. The van der Waals surface area contributed by atoms with Gasteiger partial charge < -0.3 is 20.4 Å². The number of nitrogens with one attached hydrogen (secondary N) is 3. The van der Waals surface area contributed by atoms with Gasteiger partial charge in [0.25, 0.3) is 11.8 Å². The normalized spacial score (nSPS) is 15.0. The van der Waals surface area contributed by atoms with Crippen molar-refractivity contribution >= 4 is 23.2 Å². The lowest BCUT2D eigenvalue weighted by atomic mass is 10.1. The summed E-state index contributed by atoms with van der Waals surface area (Å²) in [5.41, 5.74) is 1.00. The van der Waals surface area contributed by atoms with Crippen molar-refractivity contribution in [3.63, 3.8) is 0 Å². The van der Waals surface area contributed by atoms with Crippen LogP contribution in [0.4, 0.5) is 24.5 Å². The molecule has 0 spiro atoms. The molecule has 0 aromatic heterocycles. The van der Waals surface area contributed by atoms with E-state index in [2.05, 4.69) is 10.6 Å². The summed E-state index contributed by atoms with van der Waals surface area (Å²) in [4.78, 5) is 26.8. The van der Waals surface area contributed by atoms with E-state index in [1.54, 1.807) is 37.4 Å².